The molecule has 0 aliphatic heterocycles. The molecule has 0 aliphatic carbocycles. The van der Waals surface area contributed by atoms with E-state index >= 15 is 0 Å². The largest absolute Gasteiger partial charge is 0.355 e. The number of nitrogens with one attached hydrogen (secondary N) is 1. The van der Waals surface area contributed by atoms with Gasteiger partial charge in [-0.3, -0.25) is 4.79 Å². The van der Waals surface area contributed by atoms with Gasteiger partial charge in [-0.2, -0.15) is 0 Å². The van der Waals surface area contributed by atoms with Crippen LogP contribution in [0.4, 0.5) is 0 Å². The van der Waals surface area contributed by atoms with Crippen LogP contribution >= 0.6 is 47.5 Å². The average molecular weight is 368 g/mol. The van der Waals surface area contributed by atoms with Crippen molar-refractivity contribution in [3.05, 3.63) is 28.6 Å². The van der Waals surface area contributed by atoms with Gasteiger partial charge in [0.05, 0.1) is 17.0 Å². The van der Waals surface area contributed by atoms with E-state index in [1.807, 2.05) is 29.8 Å². The van der Waals surface area contributed by atoms with E-state index in [0.717, 1.165) is 15.6 Å². The standard InChI is InChI=1S/C13H17N3OS2.2ClH/c1-9(6-14)7-15-12(17)5-10-8-19-13(16-10)11-3-2-4-18-11;;/h2-4,8-9H,5-7,14H2,1H3,(H,15,17);2*1H. The topological polar surface area (TPSA) is 68.0 Å². The van der Waals surface area contributed by atoms with Crippen LogP contribution in [0.25, 0.3) is 9.88 Å². The number of hydrogen-bond donors (Lipinski definition) is 2. The van der Waals surface area contributed by atoms with Crippen LogP contribution in [0.5, 0.6) is 0 Å². The number of thiophene rings is 1. The molecule has 0 aliphatic rings. The minimum Gasteiger partial charge on any atom is -0.355 e. The molecule has 0 aromatic carbocycles. The fourth-order valence-corrected chi connectivity index (χ4v) is 3.13. The third-order valence-corrected chi connectivity index (χ3v) is 4.61. The van der Waals surface area contributed by atoms with Crippen molar-refractivity contribution < 1.29 is 4.79 Å². The molecular formula is C13H19Cl2N3OS2. The summed E-state index contributed by atoms with van der Waals surface area (Å²) in [6.07, 6.45) is 0.333. The van der Waals surface area contributed by atoms with E-state index in [9.17, 15) is 4.79 Å². The van der Waals surface area contributed by atoms with Gasteiger partial charge >= 0.3 is 0 Å². The van der Waals surface area contributed by atoms with Crippen molar-refractivity contribution in [1.82, 2.24) is 10.3 Å². The second-order valence-electron chi connectivity index (χ2n) is 4.44. The monoisotopic (exact) mass is 367 g/mol. The van der Waals surface area contributed by atoms with E-state index in [4.69, 9.17) is 5.73 Å². The molecule has 8 heteroatoms. The van der Waals surface area contributed by atoms with Gasteiger partial charge in [-0.15, -0.1) is 47.5 Å². The van der Waals surface area contributed by atoms with Gasteiger partial charge in [-0.25, -0.2) is 4.98 Å². The van der Waals surface area contributed by atoms with Gasteiger partial charge < -0.3 is 11.1 Å². The molecule has 1 amide bonds. The first kappa shape index (κ1) is 20.3. The second kappa shape index (κ2) is 10.1. The van der Waals surface area contributed by atoms with E-state index in [0.29, 0.717) is 25.4 Å². The highest BCUT2D eigenvalue weighted by Crippen LogP contribution is 2.27. The Hall–Kier alpha value is -0.660. The van der Waals surface area contributed by atoms with E-state index in [-0.39, 0.29) is 30.7 Å². The van der Waals surface area contributed by atoms with Gasteiger partial charge in [-0.05, 0) is 23.9 Å². The Labute approximate surface area is 145 Å². The first-order valence-corrected chi connectivity index (χ1v) is 7.90. The SMILES string of the molecule is CC(CN)CNC(=O)Cc1csc(-c2cccs2)n1.Cl.Cl. The second-order valence-corrected chi connectivity index (χ2v) is 6.25. The van der Waals surface area contributed by atoms with Crippen LogP contribution < -0.4 is 11.1 Å². The van der Waals surface area contributed by atoms with Crippen LogP contribution in [0.15, 0.2) is 22.9 Å². The zero-order valence-electron chi connectivity index (χ0n) is 11.6. The summed E-state index contributed by atoms with van der Waals surface area (Å²) in [5.41, 5.74) is 6.33. The Morgan fingerprint density at radius 2 is 2.19 bits per heavy atom. The fourth-order valence-electron chi connectivity index (χ4n) is 1.50. The summed E-state index contributed by atoms with van der Waals surface area (Å²) in [5, 5.41) is 7.82. The van der Waals surface area contributed by atoms with Gasteiger partial charge in [0, 0.05) is 11.9 Å². The predicted octanol–water partition coefficient (Wildman–Crippen LogP) is 2.97. The lowest BCUT2D eigenvalue weighted by Gasteiger charge is -2.09. The van der Waals surface area contributed by atoms with Gasteiger partial charge in [0.2, 0.25) is 5.91 Å². The first-order chi connectivity index (χ1) is 9.19. The van der Waals surface area contributed by atoms with Crippen LogP contribution in [-0.4, -0.2) is 24.0 Å². The quantitative estimate of drug-likeness (QED) is 0.824. The molecule has 2 heterocycles. The predicted molar refractivity (Wildman–Crippen MR) is 94.9 cm³/mol. The molecule has 2 rings (SSSR count). The lowest BCUT2D eigenvalue weighted by molar-refractivity contribution is -0.120. The number of carbonyl (C=O) groups excluding carboxylic acids is 1. The number of thiazole rings is 1. The molecule has 0 bridgehead atoms. The highest BCUT2D eigenvalue weighted by molar-refractivity contribution is 7.20. The number of carbonyl (C=O) groups is 1. The molecule has 0 radical (unpaired) electrons. The zero-order valence-corrected chi connectivity index (χ0v) is 14.8. The summed E-state index contributed by atoms with van der Waals surface area (Å²) in [4.78, 5) is 17.4. The molecule has 0 spiro atoms. The number of halogens is 2. The van der Waals surface area contributed by atoms with Gasteiger partial charge in [0.25, 0.3) is 0 Å². The lowest BCUT2D eigenvalue weighted by Crippen LogP contribution is -2.32. The molecule has 118 valence electrons. The third-order valence-electron chi connectivity index (χ3n) is 2.68. The molecule has 2 aromatic heterocycles. The molecule has 1 atom stereocenters. The van der Waals surface area contributed by atoms with Crippen molar-refractivity contribution in [3.8, 4) is 9.88 Å². The number of amides is 1. The Balaban J connectivity index is 0.00000200. The summed E-state index contributed by atoms with van der Waals surface area (Å²) in [5.74, 6) is 0.310. The maximum atomic E-state index is 11.7. The molecule has 1 unspecified atom stereocenters. The fraction of sp³-hybridized carbons (Fsp3) is 0.385. The van der Waals surface area contributed by atoms with Crippen LogP contribution in [0.2, 0.25) is 0 Å². The minimum absolute atomic E-state index is 0. The number of rotatable bonds is 6. The van der Waals surface area contributed by atoms with Crippen molar-refractivity contribution in [2.24, 2.45) is 11.7 Å². The number of nitrogens with zero attached hydrogens (tertiary/aromatic N) is 1. The number of hydrogen-bond acceptors (Lipinski definition) is 5. The molecule has 0 fully saturated rings. The first-order valence-electron chi connectivity index (χ1n) is 6.14. The van der Waals surface area contributed by atoms with Crippen molar-refractivity contribution in [3.63, 3.8) is 0 Å². The van der Waals surface area contributed by atoms with Crippen LogP contribution in [-0.2, 0) is 11.2 Å². The summed E-state index contributed by atoms with van der Waals surface area (Å²) in [6.45, 7) is 3.22. The van der Waals surface area contributed by atoms with Crippen molar-refractivity contribution >= 4 is 53.4 Å². The molecule has 2 aromatic rings. The smallest absolute Gasteiger partial charge is 0.226 e. The van der Waals surface area contributed by atoms with Gasteiger partial charge in [0.15, 0.2) is 0 Å². The van der Waals surface area contributed by atoms with E-state index in [2.05, 4.69) is 10.3 Å². The average Bonchev–Trinajstić information content (AvgIpc) is 3.06. The molecule has 0 saturated carbocycles. The van der Waals surface area contributed by atoms with Gasteiger partial charge in [0.1, 0.15) is 5.01 Å². The van der Waals surface area contributed by atoms with E-state index < -0.39 is 0 Å². The Morgan fingerprint density at radius 1 is 1.43 bits per heavy atom. The van der Waals surface area contributed by atoms with Gasteiger partial charge in [-0.1, -0.05) is 13.0 Å². The summed E-state index contributed by atoms with van der Waals surface area (Å²) < 4.78 is 0. The van der Waals surface area contributed by atoms with Crippen LogP contribution in [0.1, 0.15) is 12.6 Å². The highest BCUT2D eigenvalue weighted by atomic mass is 35.5. The molecule has 21 heavy (non-hydrogen) atoms. The molecule has 0 saturated heterocycles. The lowest BCUT2D eigenvalue weighted by atomic mass is 10.2. The highest BCUT2D eigenvalue weighted by Gasteiger charge is 2.10. The zero-order chi connectivity index (χ0) is 13.7. The molecule has 4 nitrogen and oxygen atoms in total. The normalized spacial score (nSPS) is 11.1. The Morgan fingerprint density at radius 3 is 2.81 bits per heavy atom. The number of nitrogens with two attached hydrogens (primary N) is 1. The molecular weight excluding hydrogens is 349 g/mol. The van der Waals surface area contributed by atoms with Crippen molar-refractivity contribution in [2.45, 2.75) is 13.3 Å². The van der Waals surface area contributed by atoms with Crippen molar-refractivity contribution in [1.29, 1.82) is 0 Å². The minimum atomic E-state index is 0. The van der Waals surface area contributed by atoms with E-state index in [1.54, 1.807) is 22.7 Å². The Bertz CT molecular complexity index is 531. The van der Waals surface area contributed by atoms with Crippen LogP contribution in [0, 0.1) is 5.92 Å². The third kappa shape index (κ3) is 6.32. The summed E-state index contributed by atoms with van der Waals surface area (Å²) in [6, 6.07) is 4.04. The van der Waals surface area contributed by atoms with Crippen molar-refractivity contribution in [2.75, 3.05) is 13.1 Å². The van der Waals surface area contributed by atoms with Crippen LogP contribution in [0.3, 0.4) is 0 Å². The maximum absolute atomic E-state index is 11.7. The summed E-state index contributed by atoms with van der Waals surface area (Å²) in [7, 11) is 0. The molecule has 3 N–H and O–H groups in total. The van der Waals surface area contributed by atoms with E-state index in [1.165, 1.54) is 0 Å². The summed E-state index contributed by atoms with van der Waals surface area (Å²) >= 11 is 3.24. The number of aromatic nitrogens is 1. The maximum Gasteiger partial charge on any atom is 0.226 e. The Kier molecular flexibility index (Phi) is 9.81.